The van der Waals surface area contributed by atoms with Crippen molar-refractivity contribution in [3.05, 3.63) is 76.6 Å². The number of anilines is 1. The van der Waals surface area contributed by atoms with E-state index in [1.165, 1.54) is 11.6 Å². The fraction of sp³-hybridized carbons (Fsp3) is 0.227. The first kappa shape index (κ1) is 18.0. The molecule has 142 valence electrons. The molecule has 0 unspecified atom stereocenters. The standard InChI is InChI=1S/C22H20N2O4/c25-20-13-17(14-24(20)11-10-15-4-2-1-3-5-15)22(27)23-18-7-8-19-16(12-18)6-9-21(26)28-19/h1-9,12,17H,10-11,13-14H2,(H,23,27)/t17-/m1/s1. The van der Waals surface area contributed by atoms with Crippen LogP contribution in [0.25, 0.3) is 11.0 Å². The van der Waals surface area contributed by atoms with Crippen molar-refractivity contribution in [2.75, 3.05) is 18.4 Å². The van der Waals surface area contributed by atoms with Crippen LogP contribution in [-0.4, -0.2) is 29.8 Å². The number of nitrogens with one attached hydrogen (secondary N) is 1. The van der Waals surface area contributed by atoms with Gasteiger partial charge in [-0.15, -0.1) is 0 Å². The van der Waals surface area contributed by atoms with E-state index in [9.17, 15) is 14.4 Å². The lowest BCUT2D eigenvalue weighted by Crippen LogP contribution is -2.30. The first-order valence-corrected chi connectivity index (χ1v) is 9.25. The Bertz CT molecular complexity index is 1070. The molecule has 1 N–H and O–H groups in total. The number of carbonyl (C=O) groups is 2. The molecule has 4 rings (SSSR count). The normalized spacial score (nSPS) is 16.5. The van der Waals surface area contributed by atoms with Crippen LogP contribution in [0.2, 0.25) is 0 Å². The number of hydrogen-bond donors (Lipinski definition) is 1. The van der Waals surface area contributed by atoms with E-state index in [2.05, 4.69) is 5.32 Å². The minimum absolute atomic E-state index is 0.0105. The van der Waals surface area contributed by atoms with Crippen LogP contribution in [0.1, 0.15) is 12.0 Å². The van der Waals surface area contributed by atoms with Gasteiger partial charge in [0, 0.05) is 36.7 Å². The van der Waals surface area contributed by atoms with Crippen LogP contribution in [-0.2, 0) is 16.0 Å². The van der Waals surface area contributed by atoms with E-state index in [4.69, 9.17) is 4.42 Å². The fourth-order valence-corrected chi connectivity index (χ4v) is 3.47. The summed E-state index contributed by atoms with van der Waals surface area (Å²) in [5.74, 6) is -0.531. The number of rotatable bonds is 5. The summed E-state index contributed by atoms with van der Waals surface area (Å²) < 4.78 is 5.09. The molecular formula is C22H20N2O4. The quantitative estimate of drug-likeness (QED) is 0.695. The Morgan fingerprint density at radius 1 is 1.07 bits per heavy atom. The summed E-state index contributed by atoms with van der Waals surface area (Å²) in [6, 6.07) is 18.1. The minimum atomic E-state index is -0.413. The summed E-state index contributed by atoms with van der Waals surface area (Å²) in [6.45, 7) is 1.04. The molecule has 0 aliphatic carbocycles. The molecule has 0 saturated carbocycles. The number of benzene rings is 2. The Labute approximate surface area is 161 Å². The lowest BCUT2D eigenvalue weighted by molar-refractivity contribution is -0.128. The molecule has 2 aromatic carbocycles. The zero-order valence-electron chi connectivity index (χ0n) is 15.3. The van der Waals surface area contributed by atoms with Crippen LogP contribution in [0.3, 0.4) is 0 Å². The number of hydrogen-bond acceptors (Lipinski definition) is 4. The van der Waals surface area contributed by atoms with Gasteiger partial charge in [0.1, 0.15) is 5.58 Å². The van der Waals surface area contributed by atoms with Gasteiger partial charge < -0.3 is 14.6 Å². The van der Waals surface area contributed by atoms with Gasteiger partial charge in [-0.1, -0.05) is 30.3 Å². The number of nitrogens with zero attached hydrogens (tertiary/aromatic N) is 1. The van der Waals surface area contributed by atoms with Crippen LogP contribution in [0.5, 0.6) is 0 Å². The lowest BCUT2D eigenvalue weighted by Gasteiger charge is -2.16. The topological polar surface area (TPSA) is 79.6 Å². The summed E-state index contributed by atoms with van der Waals surface area (Å²) in [6.07, 6.45) is 1.000. The van der Waals surface area contributed by atoms with E-state index in [0.29, 0.717) is 24.4 Å². The molecule has 6 nitrogen and oxygen atoms in total. The van der Waals surface area contributed by atoms with Crippen molar-refractivity contribution in [3.8, 4) is 0 Å². The van der Waals surface area contributed by atoms with Crippen molar-refractivity contribution in [1.82, 2.24) is 4.90 Å². The molecule has 0 bridgehead atoms. The third-order valence-corrected chi connectivity index (χ3v) is 4.99. The highest BCUT2D eigenvalue weighted by molar-refractivity contribution is 5.98. The molecule has 28 heavy (non-hydrogen) atoms. The van der Waals surface area contributed by atoms with Gasteiger partial charge in [0.15, 0.2) is 0 Å². The summed E-state index contributed by atoms with van der Waals surface area (Å²) in [4.78, 5) is 37.9. The van der Waals surface area contributed by atoms with E-state index in [1.54, 1.807) is 29.2 Å². The van der Waals surface area contributed by atoms with Crippen LogP contribution in [0.15, 0.2) is 69.9 Å². The Hall–Kier alpha value is -3.41. The molecule has 6 heteroatoms. The van der Waals surface area contributed by atoms with Crippen LogP contribution in [0.4, 0.5) is 5.69 Å². The Morgan fingerprint density at radius 2 is 1.89 bits per heavy atom. The molecule has 2 heterocycles. The molecule has 1 fully saturated rings. The number of fused-ring (bicyclic) bond motifs is 1. The van der Waals surface area contributed by atoms with Gasteiger partial charge in [0.25, 0.3) is 0 Å². The predicted octanol–water partition coefficient (Wildman–Crippen LogP) is 2.82. The number of amides is 2. The van der Waals surface area contributed by atoms with Gasteiger partial charge in [-0.3, -0.25) is 9.59 Å². The summed E-state index contributed by atoms with van der Waals surface area (Å²) in [7, 11) is 0. The summed E-state index contributed by atoms with van der Waals surface area (Å²) in [5, 5.41) is 3.59. The average Bonchev–Trinajstić information content (AvgIpc) is 3.08. The molecule has 1 aromatic heterocycles. The maximum atomic E-state index is 12.6. The van der Waals surface area contributed by atoms with Crippen LogP contribution >= 0.6 is 0 Å². The first-order valence-electron chi connectivity index (χ1n) is 9.25. The third kappa shape index (κ3) is 3.96. The van der Waals surface area contributed by atoms with Crippen molar-refractivity contribution in [2.45, 2.75) is 12.8 Å². The van der Waals surface area contributed by atoms with E-state index in [0.717, 1.165) is 11.8 Å². The summed E-state index contributed by atoms with van der Waals surface area (Å²) >= 11 is 0. The molecule has 1 atom stereocenters. The van der Waals surface area contributed by atoms with E-state index in [-0.39, 0.29) is 24.2 Å². The van der Waals surface area contributed by atoms with E-state index < -0.39 is 5.63 Å². The van der Waals surface area contributed by atoms with Crippen molar-refractivity contribution >= 4 is 28.5 Å². The van der Waals surface area contributed by atoms with Gasteiger partial charge in [0.2, 0.25) is 11.8 Å². The maximum Gasteiger partial charge on any atom is 0.336 e. The summed E-state index contributed by atoms with van der Waals surface area (Å²) in [5.41, 5.74) is 1.84. The Morgan fingerprint density at radius 3 is 2.71 bits per heavy atom. The molecule has 0 spiro atoms. The maximum absolute atomic E-state index is 12.6. The largest absolute Gasteiger partial charge is 0.423 e. The van der Waals surface area contributed by atoms with Crippen molar-refractivity contribution in [2.24, 2.45) is 5.92 Å². The highest BCUT2D eigenvalue weighted by Gasteiger charge is 2.34. The van der Waals surface area contributed by atoms with Gasteiger partial charge in [-0.2, -0.15) is 0 Å². The van der Waals surface area contributed by atoms with Gasteiger partial charge in [-0.25, -0.2) is 4.79 Å². The predicted molar refractivity (Wildman–Crippen MR) is 106 cm³/mol. The second kappa shape index (κ2) is 7.68. The van der Waals surface area contributed by atoms with Crippen molar-refractivity contribution in [1.29, 1.82) is 0 Å². The molecule has 1 saturated heterocycles. The Kier molecular flexibility index (Phi) is 4.93. The van der Waals surface area contributed by atoms with Crippen molar-refractivity contribution in [3.63, 3.8) is 0 Å². The zero-order chi connectivity index (χ0) is 19.5. The van der Waals surface area contributed by atoms with Gasteiger partial charge in [-0.05, 0) is 36.2 Å². The van der Waals surface area contributed by atoms with Crippen LogP contribution < -0.4 is 10.9 Å². The number of likely N-dealkylation sites (tertiary alicyclic amines) is 1. The Balaban J connectivity index is 1.38. The van der Waals surface area contributed by atoms with Gasteiger partial charge in [0.05, 0.1) is 5.92 Å². The van der Waals surface area contributed by atoms with Crippen LogP contribution in [0, 0.1) is 5.92 Å². The third-order valence-electron chi connectivity index (χ3n) is 4.99. The first-order chi connectivity index (χ1) is 13.6. The van der Waals surface area contributed by atoms with Gasteiger partial charge >= 0.3 is 5.63 Å². The fourth-order valence-electron chi connectivity index (χ4n) is 3.47. The van der Waals surface area contributed by atoms with E-state index >= 15 is 0 Å². The lowest BCUT2D eigenvalue weighted by atomic mass is 10.1. The highest BCUT2D eigenvalue weighted by atomic mass is 16.4. The highest BCUT2D eigenvalue weighted by Crippen LogP contribution is 2.22. The molecule has 0 radical (unpaired) electrons. The second-order valence-electron chi connectivity index (χ2n) is 6.97. The smallest absolute Gasteiger partial charge is 0.336 e. The molecule has 1 aliphatic heterocycles. The molecule has 2 amide bonds. The zero-order valence-corrected chi connectivity index (χ0v) is 15.3. The second-order valence-corrected chi connectivity index (χ2v) is 6.97. The number of carbonyl (C=O) groups excluding carboxylic acids is 2. The van der Waals surface area contributed by atoms with E-state index in [1.807, 2.05) is 30.3 Å². The minimum Gasteiger partial charge on any atom is -0.423 e. The molecule has 1 aliphatic rings. The SMILES string of the molecule is O=C(Nc1ccc2oc(=O)ccc2c1)[C@@H]1CC(=O)N(CCc2ccccc2)C1. The average molecular weight is 376 g/mol. The molecular weight excluding hydrogens is 356 g/mol. The molecule has 3 aromatic rings. The monoisotopic (exact) mass is 376 g/mol. The van der Waals surface area contributed by atoms with Crippen molar-refractivity contribution < 1.29 is 14.0 Å².